The molecule has 0 radical (unpaired) electrons. The molecule has 2 aromatic rings. The zero-order chi connectivity index (χ0) is 29.9. The van der Waals surface area contributed by atoms with Gasteiger partial charge in [0.05, 0.1) is 0 Å². The molecule has 0 saturated heterocycles. The summed E-state index contributed by atoms with van der Waals surface area (Å²) in [5.41, 5.74) is 0.422. The average Bonchev–Trinajstić information content (AvgIpc) is 2.79. The number of carbonyl (C=O) groups is 2. The van der Waals surface area contributed by atoms with Gasteiger partial charge in [-0.3, -0.25) is 9.59 Å². The van der Waals surface area contributed by atoms with Crippen LogP contribution in [-0.2, 0) is 0 Å². The van der Waals surface area contributed by atoms with Gasteiger partial charge in [0.2, 0.25) is 0 Å². The highest BCUT2D eigenvalue weighted by Crippen LogP contribution is 3.02. The van der Waals surface area contributed by atoms with E-state index in [2.05, 4.69) is 6.58 Å². The van der Waals surface area contributed by atoms with E-state index in [0.717, 1.165) is 12.1 Å². The molecule has 2 aromatic carbocycles. The lowest BCUT2D eigenvalue weighted by Crippen LogP contribution is -2.36. The van der Waals surface area contributed by atoms with Crippen LogP contribution in [0.1, 0.15) is 52.5 Å². The lowest BCUT2D eigenvalue weighted by molar-refractivity contribution is -0.123. The number of alkyl halides is 3. The summed E-state index contributed by atoms with van der Waals surface area (Å²) in [5, 5.41) is 2.90. The van der Waals surface area contributed by atoms with Gasteiger partial charge in [-0.1, -0.05) is 45.4 Å². The Morgan fingerprint density at radius 2 is 1.67 bits per heavy atom. The van der Waals surface area contributed by atoms with E-state index in [0.29, 0.717) is 35.4 Å². The molecule has 218 valence electrons. The molecule has 0 bridgehead atoms. The number of halogens is 8. The van der Waals surface area contributed by atoms with E-state index >= 15 is 0 Å². The zero-order valence-electron chi connectivity index (χ0n) is 21.6. The van der Waals surface area contributed by atoms with Gasteiger partial charge >= 0.3 is 16.4 Å². The standard InChI is InChI=1S/C26H30F8N2O2S/c1-5-19(6-11-24(37)20-7-9-22(10-8-20)39(30,31,32,33)34)14-36(4)15-21-13-23(18(3)12-17(21)2)25(38)35-16-26(27,28)29/h7-10,12-13,15,19H,2,5-6,11,14,16H2,1,3-4H3,(H,35,38)/b21-15-. The van der Waals surface area contributed by atoms with Gasteiger partial charge in [-0.25, -0.2) is 0 Å². The first kappa shape index (κ1) is 32.1. The van der Waals surface area contributed by atoms with Gasteiger partial charge in [0.1, 0.15) is 11.4 Å². The largest absolute Gasteiger partial charge is 0.405 e. The van der Waals surface area contributed by atoms with Gasteiger partial charge in [0, 0.05) is 37.3 Å². The molecule has 13 heteroatoms. The van der Waals surface area contributed by atoms with Crippen LogP contribution >= 0.6 is 10.2 Å². The normalized spacial score (nSPS) is 15.3. The van der Waals surface area contributed by atoms with E-state index < -0.39 is 39.5 Å². The molecule has 0 saturated carbocycles. The summed E-state index contributed by atoms with van der Waals surface area (Å²) in [6.45, 7) is 6.35. The number of nitrogens with one attached hydrogen (secondary N) is 1. The molecule has 1 unspecified atom stereocenters. The maximum absolute atomic E-state index is 12.9. The van der Waals surface area contributed by atoms with Crippen molar-refractivity contribution in [3.63, 3.8) is 0 Å². The molecule has 39 heavy (non-hydrogen) atoms. The molecule has 0 aliphatic heterocycles. The summed E-state index contributed by atoms with van der Waals surface area (Å²) in [7, 11) is -8.09. The quantitative estimate of drug-likeness (QED) is 0.235. The molecular weight excluding hydrogens is 556 g/mol. The van der Waals surface area contributed by atoms with Crippen molar-refractivity contribution in [3.05, 3.63) is 63.5 Å². The Kier molecular flexibility index (Phi) is 8.91. The summed E-state index contributed by atoms with van der Waals surface area (Å²) < 4.78 is 102. The molecule has 0 spiro atoms. The lowest BCUT2D eigenvalue weighted by Gasteiger charge is -2.40. The molecule has 2 rings (SSSR count). The minimum Gasteiger partial charge on any atom is -0.380 e. The minimum absolute atomic E-state index is 0.0171. The first-order valence-electron chi connectivity index (χ1n) is 11.8. The van der Waals surface area contributed by atoms with Gasteiger partial charge in [-0.2, -0.15) is 13.2 Å². The maximum Gasteiger partial charge on any atom is 0.405 e. The molecule has 1 amide bonds. The molecule has 0 aromatic heterocycles. The van der Waals surface area contributed by atoms with Crippen LogP contribution in [0, 0.1) is 12.8 Å². The smallest absolute Gasteiger partial charge is 0.380 e. The molecule has 0 fully saturated rings. The Morgan fingerprint density at radius 1 is 1.08 bits per heavy atom. The topological polar surface area (TPSA) is 49.4 Å². The van der Waals surface area contributed by atoms with E-state index in [9.17, 15) is 42.2 Å². The van der Waals surface area contributed by atoms with Crippen LogP contribution in [0.15, 0.2) is 41.3 Å². The molecule has 4 nitrogen and oxygen atoms in total. The number of ketones is 1. The van der Waals surface area contributed by atoms with E-state index in [1.54, 1.807) is 31.1 Å². The summed E-state index contributed by atoms with van der Waals surface area (Å²) in [5.74, 6) is -1.39. The number of carbonyl (C=O) groups excluding carboxylic acids is 2. The van der Waals surface area contributed by atoms with Crippen LogP contribution in [0.4, 0.5) is 32.6 Å². The number of benzene rings is 2. The highest BCUT2D eigenvalue weighted by Gasteiger charge is 2.65. The Bertz CT molecular complexity index is 1320. The van der Waals surface area contributed by atoms with Crippen molar-refractivity contribution in [2.45, 2.75) is 44.2 Å². The van der Waals surface area contributed by atoms with Crippen LogP contribution in [0.2, 0.25) is 0 Å². The van der Waals surface area contributed by atoms with E-state index in [-0.39, 0.29) is 35.6 Å². The fraction of sp³-hybridized carbons (Fsp3) is 0.385. The van der Waals surface area contributed by atoms with Crippen molar-refractivity contribution in [2.75, 3.05) is 20.1 Å². The Morgan fingerprint density at radius 3 is 2.18 bits per heavy atom. The number of rotatable bonds is 11. The number of nitrogens with zero attached hydrogens (tertiary/aromatic N) is 1. The number of hydrogen-bond acceptors (Lipinski definition) is 3. The van der Waals surface area contributed by atoms with Gasteiger partial charge in [-0.05, 0) is 65.6 Å². The lowest BCUT2D eigenvalue weighted by atomic mass is 9.96. The first-order chi connectivity index (χ1) is 17.6. The Labute approximate surface area is 221 Å². The van der Waals surface area contributed by atoms with Crippen LogP contribution in [0.5, 0.6) is 0 Å². The third-order valence-corrected chi connectivity index (χ3v) is 7.23. The van der Waals surface area contributed by atoms with Crippen molar-refractivity contribution >= 4 is 34.7 Å². The second-order valence-corrected chi connectivity index (χ2v) is 11.9. The second kappa shape index (κ2) is 10.8. The predicted octanol–water partition coefficient (Wildman–Crippen LogP) is 6.71. The monoisotopic (exact) mass is 586 g/mol. The molecule has 1 atom stereocenters. The van der Waals surface area contributed by atoms with Gasteiger partial charge < -0.3 is 10.2 Å². The van der Waals surface area contributed by atoms with Crippen LogP contribution in [0.25, 0.3) is 12.8 Å². The number of aryl methyl sites for hydroxylation is 1. The number of hydrogen-bond donors (Lipinski definition) is 1. The van der Waals surface area contributed by atoms with Crippen molar-refractivity contribution in [1.82, 2.24) is 10.2 Å². The van der Waals surface area contributed by atoms with Crippen LogP contribution in [-0.4, -0.2) is 42.9 Å². The summed E-state index contributed by atoms with van der Waals surface area (Å²) in [6.07, 6.45) is -1.88. The van der Waals surface area contributed by atoms with Gasteiger partial charge in [0.25, 0.3) is 5.91 Å². The third kappa shape index (κ3) is 9.86. The fourth-order valence-corrected chi connectivity index (χ4v) is 4.57. The summed E-state index contributed by atoms with van der Waals surface area (Å²) in [6, 6.07) is 4.94. The Hall–Kier alpha value is -3.09. The highest BCUT2D eigenvalue weighted by molar-refractivity contribution is 8.45. The number of amides is 1. The van der Waals surface area contributed by atoms with Crippen molar-refractivity contribution < 1.29 is 42.2 Å². The van der Waals surface area contributed by atoms with Gasteiger partial charge in [0.15, 0.2) is 5.78 Å². The van der Waals surface area contributed by atoms with Crippen molar-refractivity contribution in [3.8, 4) is 0 Å². The fourth-order valence-electron chi connectivity index (χ4n) is 3.92. The summed E-state index contributed by atoms with van der Waals surface area (Å²) >= 11 is 0. The molecule has 0 heterocycles. The molecule has 1 N–H and O–H groups in total. The highest BCUT2D eigenvalue weighted by atomic mass is 32.5. The SMILES string of the molecule is C=c1cc(C)c(C(=O)NCC(F)(F)F)c/c1=C/N(C)CC(CC)CCC(=O)c1ccc(S(F)(F)(F)(F)F)cc1. The van der Waals surface area contributed by atoms with Crippen LogP contribution in [0.3, 0.4) is 0 Å². The molecule has 0 aliphatic rings. The zero-order valence-corrected chi connectivity index (χ0v) is 22.4. The van der Waals surface area contributed by atoms with Crippen LogP contribution < -0.4 is 15.8 Å². The number of Topliss-reactive ketones (excluding diaryl/α,β-unsaturated/α-hetero) is 1. The maximum atomic E-state index is 12.9. The van der Waals surface area contributed by atoms with E-state index in [1.165, 1.54) is 6.07 Å². The average molecular weight is 587 g/mol. The summed E-state index contributed by atoms with van der Waals surface area (Å²) in [4.78, 5) is 24.4. The second-order valence-electron chi connectivity index (χ2n) is 9.46. The molecular formula is C26H30F8N2O2S. The third-order valence-electron chi connectivity index (χ3n) is 6.06. The Balaban J connectivity index is 2.09. The predicted molar refractivity (Wildman–Crippen MR) is 137 cm³/mol. The van der Waals surface area contributed by atoms with E-state index in [4.69, 9.17) is 0 Å². The van der Waals surface area contributed by atoms with Gasteiger partial charge in [-0.15, -0.1) is 0 Å². The van der Waals surface area contributed by atoms with Crippen molar-refractivity contribution in [2.24, 2.45) is 5.92 Å². The van der Waals surface area contributed by atoms with Crippen molar-refractivity contribution in [1.29, 1.82) is 0 Å². The first-order valence-corrected chi connectivity index (χ1v) is 13.8. The van der Waals surface area contributed by atoms with E-state index in [1.807, 2.05) is 12.2 Å². The minimum atomic E-state index is -9.82. The molecule has 0 aliphatic carbocycles.